The molecule has 4 N–H and O–H groups in total. The molecular formula is C34H41N3O8S. The molecule has 246 valence electrons. The van der Waals surface area contributed by atoms with Crippen molar-refractivity contribution in [2.45, 2.75) is 67.2 Å². The number of ether oxygens (including phenoxy) is 3. The number of carbonyl (C=O) groups excluding carboxylic acids is 1. The van der Waals surface area contributed by atoms with Crippen LogP contribution in [-0.4, -0.2) is 74.2 Å². The molecule has 3 aromatic carbocycles. The fourth-order valence-electron chi connectivity index (χ4n) is 5.71. The van der Waals surface area contributed by atoms with Crippen molar-refractivity contribution in [2.75, 3.05) is 26.1 Å². The van der Waals surface area contributed by atoms with Gasteiger partial charge in [0.2, 0.25) is 5.90 Å². The molecule has 0 saturated heterocycles. The smallest absolute Gasteiger partial charge is 0.266 e. The van der Waals surface area contributed by atoms with E-state index in [1.54, 1.807) is 66.7 Å². The average molecular weight is 652 g/mol. The quantitative estimate of drug-likeness (QED) is 0.151. The zero-order valence-electron chi connectivity index (χ0n) is 25.8. The van der Waals surface area contributed by atoms with E-state index in [0.29, 0.717) is 61.3 Å². The standard InChI is InChI=1S/C34H41N3O8S/c1-43-29-8-5-7-25(23-29)31-34(19-22-46(41,42)30-9-3-2-4-10-30,33(40)37-36-26-13-15-27(39)16-14-26)35-32(45-31)24-11-17-28(18-12-24)44-21-6-20-38/h2-5,7-12,17-18,23,26-27,31,36,38-39H,6,13-16,19-22H2,1H3,(H,37,40)/t26?,27?,31-,34-/m0/s1. The first kappa shape index (κ1) is 33.4. The number of benzene rings is 3. The van der Waals surface area contributed by atoms with Gasteiger partial charge >= 0.3 is 0 Å². The monoisotopic (exact) mass is 651 g/mol. The van der Waals surface area contributed by atoms with Crippen molar-refractivity contribution in [3.63, 3.8) is 0 Å². The van der Waals surface area contributed by atoms with E-state index in [1.807, 2.05) is 0 Å². The van der Waals surface area contributed by atoms with Gasteiger partial charge in [-0.1, -0.05) is 30.3 Å². The van der Waals surface area contributed by atoms with Crippen LogP contribution in [0.25, 0.3) is 0 Å². The van der Waals surface area contributed by atoms with Crippen LogP contribution in [0, 0.1) is 0 Å². The Morgan fingerprint density at radius 3 is 2.43 bits per heavy atom. The lowest BCUT2D eigenvalue weighted by molar-refractivity contribution is -0.130. The Balaban J connectivity index is 1.52. The molecule has 11 nitrogen and oxygen atoms in total. The van der Waals surface area contributed by atoms with Gasteiger partial charge in [-0.25, -0.2) is 18.8 Å². The number of aliphatic hydroxyl groups is 2. The SMILES string of the molecule is COc1cccc([C@@H]2OC(c3ccc(OCCCO)cc3)=N[C@]2(CCS(=O)(=O)c2ccccc2)C(=O)NNC2CCC(O)CC2)c1. The van der Waals surface area contributed by atoms with E-state index in [4.69, 9.17) is 24.3 Å². The first-order valence-electron chi connectivity index (χ1n) is 15.5. The molecule has 0 spiro atoms. The van der Waals surface area contributed by atoms with Gasteiger partial charge in [-0.15, -0.1) is 0 Å². The molecule has 46 heavy (non-hydrogen) atoms. The highest BCUT2D eigenvalue weighted by molar-refractivity contribution is 7.91. The molecule has 1 amide bonds. The summed E-state index contributed by atoms with van der Waals surface area (Å²) >= 11 is 0. The minimum Gasteiger partial charge on any atom is -0.497 e. The lowest BCUT2D eigenvalue weighted by Gasteiger charge is -2.32. The Hall–Kier alpha value is -3.97. The Morgan fingerprint density at radius 1 is 1.00 bits per heavy atom. The predicted octanol–water partition coefficient (Wildman–Crippen LogP) is 3.50. The number of aliphatic hydroxyl groups excluding tert-OH is 2. The van der Waals surface area contributed by atoms with Crippen LogP contribution in [0.3, 0.4) is 0 Å². The fraction of sp³-hybridized carbons (Fsp3) is 0.412. The third kappa shape index (κ3) is 7.87. The van der Waals surface area contributed by atoms with Crippen LogP contribution in [0.15, 0.2) is 88.8 Å². The Morgan fingerprint density at radius 2 is 1.74 bits per heavy atom. The first-order chi connectivity index (χ1) is 22.2. The molecule has 1 aliphatic carbocycles. The maximum atomic E-state index is 14.4. The minimum atomic E-state index is -3.79. The summed E-state index contributed by atoms with van der Waals surface area (Å²) in [5, 5.41) is 19.0. The van der Waals surface area contributed by atoms with Crippen molar-refractivity contribution in [2.24, 2.45) is 4.99 Å². The highest BCUT2D eigenvalue weighted by Crippen LogP contribution is 2.44. The van der Waals surface area contributed by atoms with Crippen LogP contribution >= 0.6 is 0 Å². The van der Waals surface area contributed by atoms with Gasteiger partial charge in [0.15, 0.2) is 21.5 Å². The largest absolute Gasteiger partial charge is 0.497 e. The lowest BCUT2D eigenvalue weighted by Crippen LogP contribution is -2.56. The Labute approximate surface area is 269 Å². The number of carbonyl (C=O) groups is 1. The molecule has 0 unspecified atom stereocenters. The van der Waals surface area contributed by atoms with Crippen molar-refractivity contribution < 1.29 is 37.6 Å². The second kappa shape index (κ2) is 15.1. The minimum absolute atomic E-state index is 0.0239. The number of hydrazine groups is 1. The zero-order valence-corrected chi connectivity index (χ0v) is 26.6. The second-order valence-electron chi connectivity index (χ2n) is 11.6. The molecule has 5 rings (SSSR count). The molecule has 1 aliphatic heterocycles. The molecule has 1 fully saturated rings. The highest BCUT2D eigenvalue weighted by Gasteiger charge is 2.54. The van der Waals surface area contributed by atoms with Crippen molar-refractivity contribution >= 4 is 21.6 Å². The highest BCUT2D eigenvalue weighted by atomic mass is 32.2. The van der Waals surface area contributed by atoms with Crippen LogP contribution in [-0.2, 0) is 19.4 Å². The van der Waals surface area contributed by atoms with Crippen LogP contribution < -0.4 is 20.3 Å². The van der Waals surface area contributed by atoms with Gasteiger partial charge < -0.3 is 24.4 Å². The van der Waals surface area contributed by atoms with E-state index < -0.39 is 27.4 Å². The lowest BCUT2D eigenvalue weighted by atomic mass is 9.85. The number of aliphatic imine (C=N–C) groups is 1. The number of nitrogens with zero attached hydrogens (tertiary/aromatic N) is 1. The first-order valence-corrected chi connectivity index (χ1v) is 17.2. The third-order valence-electron chi connectivity index (χ3n) is 8.37. The number of amides is 1. The van der Waals surface area contributed by atoms with Gasteiger partial charge in [-0.05, 0) is 79.8 Å². The van der Waals surface area contributed by atoms with Crippen molar-refractivity contribution in [1.29, 1.82) is 0 Å². The van der Waals surface area contributed by atoms with Gasteiger partial charge in [0.1, 0.15) is 11.5 Å². The zero-order chi connectivity index (χ0) is 32.6. The summed E-state index contributed by atoms with van der Waals surface area (Å²) in [6, 6.07) is 22.2. The summed E-state index contributed by atoms with van der Waals surface area (Å²) < 4.78 is 44.7. The van der Waals surface area contributed by atoms with Crippen molar-refractivity contribution in [3.8, 4) is 11.5 Å². The van der Waals surface area contributed by atoms with Crippen LogP contribution in [0.1, 0.15) is 55.8 Å². The fourth-order valence-corrected chi connectivity index (χ4v) is 7.09. The summed E-state index contributed by atoms with van der Waals surface area (Å²) in [7, 11) is -2.25. The van der Waals surface area contributed by atoms with E-state index in [9.17, 15) is 18.3 Å². The molecule has 0 bridgehead atoms. The number of rotatable bonds is 14. The van der Waals surface area contributed by atoms with E-state index in [2.05, 4.69) is 10.9 Å². The number of nitrogens with one attached hydrogen (secondary N) is 2. The predicted molar refractivity (Wildman–Crippen MR) is 172 cm³/mol. The van der Waals surface area contributed by atoms with Gasteiger partial charge in [0, 0.05) is 31.1 Å². The molecule has 1 saturated carbocycles. The normalized spacial score (nSPS) is 22.8. The molecule has 12 heteroatoms. The van der Waals surface area contributed by atoms with Gasteiger partial charge in [-0.3, -0.25) is 10.2 Å². The van der Waals surface area contributed by atoms with E-state index in [1.165, 1.54) is 19.2 Å². The van der Waals surface area contributed by atoms with Gasteiger partial charge in [0.25, 0.3) is 5.91 Å². The summed E-state index contributed by atoms with van der Waals surface area (Å²) in [5.41, 5.74) is 5.44. The number of sulfone groups is 1. The van der Waals surface area contributed by atoms with Gasteiger partial charge in [-0.2, -0.15) is 0 Å². The summed E-state index contributed by atoms with van der Waals surface area (Å²) in [6.07, 6.45) is 1.56. The summed E-state index contributed by atoms with van der Waals surface area (Å²) in [4.78, 5) is 19.4. The third-order valence-corrected chi connectivity index (χ3v) is 10.1. The molecule has 0 radical (unpaired) electrons. The molecule has 1 heterocycles. The summed E-state index contributed by atoms with van der Waals surface area (Å²) in [5.74, 6) is 0.429. The molecule has 2 aliphatic rings. The topological polar surface area (TPSA) is 156 Å². The number of methoxy groups -OCH3 is 1. The van der Waals surface area contributed by atoms with Crippen molar-refractivity contribution in [3.05, 3.63) is 90.0 Å². The molecular weight excluding hydrogens is 610 g/mol. The van der Waals surface area contributed by atoms with Gasteiger partial charge in [0.05, 0.1) is 30.5 Å². The van der Waals surface area contributed by atoms with Crippen LogP contribution in [0.4, 0.5) is 0 Å². The molecule has 3 aromatic rings. The number of hydrogen-bond acceptors (Lipinski definition) is 10. The molecule has 0 aromatic heterocycles. The Kier molecular flexibility index (Phi) is 10.9. The van der Waals surface area contributed by atoms with Crippen LogP contribution in [0.2, 0.25) is 0 Å². The van der Waals surface area contributed by atoms with E-state index in [0.717, 1.165) is 0 Å². The number of hydrogen-bond donors (Lipinski definition) is 4. The Bertz CT molecular complexity index is 1590. The summed E-state index contributed by atoms with van der Waals surface area (Å²) in [6.45, 7) is 0.382. The maximum Gasteiger partial charge on any atom is 0.266 e. The second-order valence-corrected chi connectivity index (χ2v) is 13.7. The van der Waals surface area contributed by atoms with E-state index in [-0.39, 0.29) is 41.7 Å². The van der Waals surface area contributed by atoms with Crippen molar-refractivity contribution in [1.82, 2.24) is 10.9 Å². The maximum absolute atomic E-state index is 14.4. The molecule has 2 atom stereocenters. The van der Waals surface area contributed by atoms with Crippen LogP contribution in [0.5, 0.6) is 11.5 Å². The van der Waals surface area contributed by atoms with E-state index >= 15 is 0 Å². The average Bonchev–Trinajstić information content (AvgIpc) is 3.49.